The summed E-state index contributed by atoms with van der Waals surface area (Å²) in [5.74, 6) is 0.823. The third-order valence-corrected chi connectivity index (χ3v) is 4.93. The molecule has 2 aromatic rings. The van der Waals surface area contributed by atoms with Gasteiger partial charge in [0.15, 0.2) is 5.90 Å². The van der Waals surface area contributed by atoms with Gasteiger partial charge in [-0.1, -0.05) is 18.2 Å². The van der Waals surface area contributed by atoms with Crippen molar-refractivity contribution in [3.8, 4) is 11.1 Å². The number of ether oxygens (including phenoxy) is 1. The first-order valence-corrected chi connectivity index (χ1v) is 7.77. The average molecular weight is 293 g/mol. The van der Waals surface area contributed by atoms with Crippen LogP contribution in [-0.2, 0) is 17.6 Å². The summed E-state index contributed by atoms with van der Waals surface area (Å²) >= 11 is 0. The summed E-state index contributed by atoms with van der Waals surface area (Å²) in [7, 11) is 0. The summed E-state index contributed by atoms with van der Waals surface area (Å²) in [5.41, 5.74) is 5.05. The summed E-state index contributed by atoms with van der Waals surface area (Å²) in [6.45, 7) is 4.10. The van der Waals surface area contributed by atoms with E-state index in [1.54, 1.807) is 6.33 Å². The Morgan fingerprint density at radius 3 is 2.77 bits per heavy atom. The fraction of sp³-hybridized carbons (Fsp3) is 0.389. The molecule has 1 aliphatic heterocycles. The van der Waals surface area contributed by atoms with Crippen LogP contribution in [0.5, 0.6) is 0 Å². The molecule has 2 heterocycles. The lowest BCUT2D eigenvalue weighted by Crippen LogP contribution is -2.41. The predicted octanol–water partition coefficient (Wildman–Crippen LogP) is 3.21. The molecule has 22 heavy (non-hydrogen) atoms. The van der Waals surface area contributed by atoms with Crippen molar-refractivity contribution >= 4 is 5.90 Å². The van der Waals surface area contributed by atoms with E-state index in [-0.39, 0.29) is 11.6 Å². The molecule has 4 rings (SSSR count). The molecule has 2 unspecified atom stereocenters. The lowest BCUT2D eigenvalue weighted by Gasteiger charge is -2.35. The molecule has 0 radical (unpaired) electrons. The van der Waals surface area contributed by atoms with E-state index in [1.807, 2.05) is 19.3 Å². The van der Waals surface area contributed by atoms with Crippen molar-refractivity contribution in [2.24, 2.45) is 4.99 Å². The molecule has 4 nitrogen and oxygen atoms in total. The highest BCUT2D eigenvalue weighted by Gasteiger charge is 2.44. The van der Waals surface area contributed by atoms with Gasteiger partial charge in [0.25, 0.3) is 0 Å². The molecule has 0 saturated carbocycles. The maximum Gasteiger partial charge on any atom is 0.181 e. The van der Waals surface area contributed by atoms with E-state index in [2.05, 4.69) is 35.1 Å². The number of hydrogen-bond donors (Lipinski definition) is 0. The van der Waals surface area contributed by atoms with Gasteiger partial charge in [-0.25, -0.2) is 15.0 Å². The Balaban J connectivity index is 1.76. The summed E-state index contributed by atoms with van der Waals surface area (Å²) < 4.78 is 5.81. The topological polar surface area (TPSA) is 47.4 Å². The highest BCUT2D eigenvalue weighted by Crippen LogP contribution is 2.41. The molecular formula is C18H19N3O. The van der Waals surface area contributed by atoms with Crippen LogP contribution in [0.3, 0.4) is 0 Å². The Morgan fingerprint density at radius 1 is 1.23 bits per heavy atom. The van der Waals surface area contributed by atoms with E-state index in [0.29, 0.717) is 0 Å². The Labute approximate surface area is 130 Å². The van der Waals surface area contributed by atoms with E-state index in [1.165, 1.54) is 16.7 Å². The van der Waals surface area contributed by atoms with E-state index < -0.39 is 0 Å². The molecule has 112 valence electrons. The van der Waals surface area contributed by atoms with Gasteiger partial charge in [0.1, 0.15) is 18.0 Å². The second kappa shape index (κ2) is 4.90. The summed E-state index contributed by atoms with van der Waals surface area (Å²) in [4.78, 5) is 13.1. The van der Waals surface area contributed by atoms with Crippen LogP contribution in [-0.4, -0.2) is 27.5 Å². The number of hydrogen-bond acceptors (Lipinski definition) is 4. The van der Waals surface area contributed by atoms with Gasteiger partial charge in [-0.15, -0.1) is 0 Å². The van der Waals surface area contributed by atoms with E-state index >= 15 is 0 Å². The molecule has 4 heteroatoms. The standard InChI is InChI=1S/C18H19N3O/c1-12-18(21-13(2)22-12)7-6-17-14(8-18)4-3-5-16(17)15-9-19-11-20-10-15/h3-5,9-12H,6-8H2,1-2H3. The van der Waals surface area contributed by atoms with Crippen molar-refractivity contribution in [1.29, 1.82) is 0 Å². The van der Waals surface area contributed by atoms with Crippen LogP contribution in [0.2, 0.25) is 0 Å². The van der Waals surface area contributed by atoms with Crippen LogP contribution >= 0.6 is 0 Å². The van der Waals surface area contributed by atoms with E-state index in [0.717, 1.165) is 30.7 Å². The van der Waals surface area contributed by atoms with Crippen LogP contribution in [0.25, 0.3) is 11.1 Å². The monoisotopic (exact) mass is 293 g/mol. The van der Waals surface area contributed by atoms with Gasteiger partial charge in [0.05, 0.1) is 0 Å². The van der Waals surface area contributed by atoms with Crippen molar-refractivity contribution in [2.75, 3.05) is 0 Å². The van der Waals surface area contributed by atoms with E-state index in [9.17, 15) is 0 Å². The second-order valence-electron chi connectivity index (χ2n) is 6.24. The van der Waals surface area contributed by atoms with Gasteiger partial charge < -0.3 is 4.74 Å². The Kier molecular flexibility index (Phi) is 2.99. The minimum absolute atomic E-state index is 0.0805. The number of nitrogens with zero attached hydrogens (tertiary/aromatic N) is 3. The second-order valence-corrected chi connectivity index (χ2v) is 6.24. The first kappa shape index (κ1) is 13.4. The molecule has 0 fully saturated rings. The van der Waals surface area contributed by atoms with Gasteiger partial charge in [-0.05, 0) is 36.5 Å². The van der Waals surface area contributed by atoms with Gasteiger partial charge in [-0.2, -0.15) is 0 Å². The maximum atomic E-state index is 5.81. The van der Waals surface area contributed by atoms with Crippen LogP contribution in [0, 0.1) is 0 Å². The van der Waals surface area contributed by atoms with Crippen molar-refractivity contribution in [3.63, 3.8) is 0 Å². The van der Waals surface area contributed by atoms with Crippen molar-refractivity contribution < 1.29 is 4.74 Å². The Hall–Kier alpha value is -2.23. The van der Waals surface area contributed by atoms with Crippen LogP contribution < -0.4 is 0 Å². The Morgan fingerprint density at radius 2 is 2.05 bits per heavy atom. The zero-order valence-corrected chi connectivity index (χ0v) is 12.9. The summed E-state index contributed by atoms with van der Waals surface area (Å²) in [5, 5.41) is 0. The fourth-order valence-electron chi connectivity index (χ4n) is 3.80. The van der Waals surface area contributed by atoms with Gasteiger partial charge in [0.2, 0.25) is 0 Å². The third-order valence-electron chi connectivity index (χ3n) is 4.93. The zero-order chi connectivity index (χ0) is 15.2. The minimum atomic E-state index is -0.0805. The number of fused-ring (bicyclic) bond motifs is 1. The normalized spacial score (nSPS) is 26.5. The fourth-order valence-corrected chi connectivity index (χ4v) is 3.80. The number of aliphatic imine (C=N–C) groups is 1. The highest BCUT2D eigenvalue weighted by molar-refractivity contribution is 5.76. The Bertz CT molecular complexity index is 741. The van der Waals surface area contributed by atoms with Crippen molar-refractivity contribution in [3.05, 3.63) is 48.0 Å². The first-order valence-electron chi connectivity index (χ1n) is 7.77. The molecule has 0 saturated heterocycles. The molecule has 0 N–H and O–H groups in total. The summed E-state index contributed by atoms with van der Waals surface area (Å²) in [6.07, 6.45) is 8.50. The molecule has 1 aromatic carbocycles. The van der Waals surface area contributed by atoms with Gasteiger partial charge in [-0.3, -0.25) is 0 Å². The molecule has 0 bridgehead atoms. The smallest absolute Gasteiger partial charge is 0.181 e. The van der Waals surface area contributed by atoms with Crippen molar-refractivity contribution in [1.82, 2.24) is 9.97 Å². The molecule has 0 amide bonds. The van der Waals surface area contributed by atoms with Crippen molar-refractivity contribution in [2.45, 2.75) is 44.8 Å². The summed E-state index contributed by atoms with van der Waals surface area (Å²) in [6, 6.07) is 6.51. The SMILES string of the molecule is CC1=NC2(CCc3c(cccc3-c3cncnc3)C2)C(C)O1. The van der Waals surface area contributed by atoms with Gasteiger partial charge in [0, 0.05) is 31.3 Å². The lowest BCUT2D eigenvalue weighted by molar-refractivity contribution is 0.141. The minimum Gasteiger partial charge on any atom is -0.476 e. The predicted molar refractivity (Wildman–Crippen MR) is 85.9 cm³/mol. The highest BCUT2D eigenvalue weighted by atomic mass is 16.5. The van der Waals surface area contributed by atoms with Crippen LogP contribution in [0.4, 0.5) is 0 Å². The maximum absolute atomic E-state index is 5.81. The zero-order valence-electron chi connectivity index (χ0n) is 12.9. The lowest BCUT2D eigenvalue weighted by atomic mass is 9.74. The molecular weight excluding hydrogens is 274 g/mol. The molecule has 1 aliphatic carbocycles. The number of aromatic nitrogens is 2. The number of rotatable bonds is 1. The molecule has 1 aromatic heterocycles. The van der Waals surface area contributed by atoms with Gasteiger partial charge >= 0.3 is 0 Å². The third kappa shape index (κ3) is 2.02. The largest absolute Gasteiger partial charge is 0.476 e. The van der Waals surface area contributed by atoms with E-state index in [4.69, 9.17) is 9.73 Å². The first-order chi connectivity index (χ1) is 10.7. The quantitative estimate of drug-likeness (QED) is 0.811. The molecule has 2 atom stereocenters. The average Bonchev–Trinajstić information content (AvgIpc) is 2.80. The molecule has 2 aliphatic rings. The molecule has 1 spiro atoms. The van der Waals surface area contributed by atoms with Crippen LogP contribution in [0.15, 0.2) is 41.9 Å². The van der Waals surface area contributed by atoms with Crippen LogP contribution in [0.1, 0.15) is 31.4 Å². The number of benzene rings is 1.